The molecule has 19 heteroatoms. The summed E-state index contributed by atoms with van der Waals surface area (Å²) in [7, 11) is 0. The molecular weight excluding hydrogens is 1050 g/mol. The number of ether oxygens (including phenoxy) is 6. The molecule has 81 heavy (non-hydrogen) atoms. The van der Waals surface area contributed by atoms with Crippen molar-refractivity contribution in [3.05, 3.63) is 60.8 Å². The Bertz CT molecular complexity index is 1710. The zero-order valence-corrected chi connectivity index (χ0v) is 49.0. The topological polar surface area (TPSA) is 307 Å². The van der Waals surface area contributed by atoms with Crippen LogP contribution in [0.5, 0.6) is 0 Å². The Kier molecular flexibility index (Phi) is 40.3. The molecule has 3 rings (SSSR count). The maximum atomic E-state index is 13.3. The molecule has 470 valence electrons. The van der Waals surface area contributed by atoms with Crippen LogP contribution in [0.2, 0.25) is 0 Å². The van der Waals surface area contributed by atoms with Crippen LogP contribution in [0.25, 0.3) is 0 Å². The van der Waals surface area contributed by atoms with E-state index in [9.17, 15) is 61.0 Å². The molecule has 0 bridgehead atoms. The highest BCUT2D eigenvalue weighted by Gasteiger charge is 2.53. The van der Waals surface area contributed by atoms with E-state index in [0.29, 0.717) is 12.8 Å². The first-order valence-corrected chi connectivity index (χ1v) is 31.0. The fraction of sp³-hybridized carbons (Fsp3) is 0.823. The molecular formula is C62H109NO18. The first-order chi connectivity index (χ1) is 39.3. The summed E-state index contributed by atoms with van der Waals surface area (Å²) in [5.41, 5.74) is 0. The molecule has 0 spiro atoms. The average Bonchev–Trinajstić information content (AvgIpc) is 3.51. The van der Waals surface area contributed by atoms with Gasteiger partial charge in [-0.15, -0.1) is 0 Å². The van der Waals surface area contributed by atoms with Crippen LogP contribution in [0.1, 0.15) is 194 Å². The van der Waals surface area contributed by atoms with E-state index < -0.39 is 124 Å². The third kappa shape index (κ3) is 28.5. The van der Waals surface area contributed by atoms with Gasteiger partial charge in [0.25, 0.3) is 0 Å². The molecule has 0 aliphatic carbocycles. The Morgan fingerprint density at radius 2 is 0.827 bits per heavy atom. The number of aliphatic hydroxyl groups excluding tert-OH is 11. The van der Waals surface area contributed by atoms with E-state index in [-0.39, 0.29) is 18.9 Å². The van der Waals surface area contributed by atoms with Gasteiger partial charge in [-0.05, 0) is 77.0 Å². The molecule has 0 saturated carbocycles. The zero-order valence-electron chi connectivity index (χ0n) is 49.0. The molecule has 19 nitrogen and oxygen atoms in total. The number of rotatable bonds is 45. The summed E-state index contributed by atoms with van der Waals surface area (Å²) >= 11 is 0. The van der Waals surface area contributed by atoms with Crippen LogP contribution < -0.4 is 5.32 Å². The lowest BCUT2D eigenvalue weighted by atomic mass is 9.96. The van der Waals surface area contributed by atoms with Crippen molar-refractivity contribution in [2.75, 3.05) is 26.4 Å². The molecule has 0 aromatic rings. The Labute approximate surface area is 484 Å². The smallest absolute Gasteiger partial charge is 0.220 e. The van der Waals surface area contributed by atoms with Crippen LogP contribution in [0, 0.1) is 0 Å². The van der Waals surface area contributed by atoms with Crippen molar-refractivity contribution < 1.29 is 89.4 Å². The Hall–Kier alpha value is -2.51. The van der Waals surface area contributed by atoms with Crippen molar-refractivity contribution in [3.63, 3.8) is 0 Å². The van der Waals surface area contributed by atoms with Gasteiger partial charge in [-0.1, -0.05) is 171 Å². The fourth-order valence-corrected chi connectivity index (χ4v) is 10.1. The lowest BCUT2D eigenvalue weighted by Gasteiger charge is -2.48. The summed E-state index contributed by atoms with van der Waals surface area (Å²) < 4.78 is 34.2. The molecule has 1 amide bonds. The number of hydrogen-bond acceptors (Lipinski definition) is 18. The first kappa shape index (κ1) is 72.7. The van der Waals surface area contributed by atoms with Crippen LogP contribution in [0.3, 0.4) is 0 Å². The number of hydrogen-bond donors (Lipinski definition) is 12. The third-order valence-corrected chi connectivity index (χ3v) is 15.3. The van der Waals surface area contributed by atoms with E-state index in [0.717, 1.165) is 64.2 Å². The van der Waals surface area contributed by atoms with Gasteiger partial charge in [-0.25, -0.2) is 0 Å². The Balaban J connectivity index is 1.51. The molecule has 0 aromatic heterocycles. The largest absolute Gasteiger partial charge is 0.394 e. The van der Waals surface area contributed by atoms with Crippen LogP contribution in [-0.2, 0) is 33.2 Å². The second kappa shape index (κ2) is 44.9. The monoisotopic (exact) mass is 1160 g/mol. The molecule has 3 aliphatic heterocycles. The minimum Gasteiger partial charge on any atom is -0.394 e. The van der Waals surface area contributed by atoms with Crippen LogP contribution >= 0.6 is 0 Å². The maximum Gasteiger partial charge on any atom is 0.220 e. The van der Waals surface area contributed by atoms with Crippen molar-refractivity contribution in [2.24, 2.45) is 0 Å². The molecule has 17 unspecified atom stereocenters. The van der Waals surface area contributed by atoms with Gasteiger partial charge >= 0.3 is 0 Å². The minimum atomic E-state index is -1.98. The summed E-state index contributed by atoms with van der Waals surface area (Å²) in [6, 6.07) is -1.000. The molecule has 12 N–H and O–H groups in total. The number of allylic oxidation sites excluding steroid dienone is 9. The molecule has 17 atom stereocenters. The third-order valence-electron chi connectivity index (χ3n) is 15.3. The van der Waals surface area contributed by atoms with Crippen LogP contribution in [0.15, 0.2) is 60.8 Å². The van der Waals surface area contributed by atoms with Gasteiger partial charge in [0.05, 0.1) is 38.6 Å². The van der Waals surface area contributed by atoms with E-state index in [1.807, 2.05) is 6.08 Å². The van der Waals surface area contributed by atoms with Gasteiger partial charge in [0, 0.05) is 6.42 Å². The minimum absolute atomic E-state index is 0.225. The van der Waals surface area contributed by atoms with Gasteiger partial charge in [0.1, 0.15) is 73.2 Å². The molecule has 3 saturated heterocycles. The summed E-state index contributed by atoms with van der Waals surface area (Å²) in [4.78, 5) is 13.3. The van der Waals surface area contributed by atoms with E-state index in [2.05, 4.69) is 67.8 Å². The second-order valence-corrected chi connectivity index (χ2v) is 22.1. The fourth-order valence-electron chi connectivity index (χ4n) is 10.1. The van der Waals surface area contributed by atoms with Crippen molar-refractivity contribution in [2.45, 2.75) is 298 Å². The van der Waals surface area contributed by atoms with Gasteiger partial charge in [0.15, 0.2) is 18.9 Å². The van der Waals surface area contributed by atoms with Crippen molar-refractivity contribution >= 4 is 5.91 Å². The number of aliphatic hydroxyl groups is 11. The summed E-state index contributed by atoms with van der Waals surface area (Å²) in [6.07, 6.45) is 24.8. The summed E-state index contributed by atoms with van der Waals surface area (Å²) in [5.74, 6) is -0.297. The summed E-state index contributed by atoms with van der Waals surface area (Å²) in [5, 5.41) is 120. The van der Waals surface area contributed by atoms with Gasteiger partial charge in [-0.3, -0.25) is 4.79 Å². The van der Waals surface area contributed by atoms with Crippen molar-refractivity contribution in [1.29, 1.82) is 0 Å². The first-order valence-electron chi connectivity index (χ1n) is 31.0. The molecule has 0 aromatic carbocycles. The van der Waals surface area contributed by atoms with Gasteiger partial charge < -0.3 is 89.9 Å². The molecule has 3 fully saturated rings. The summed E-state index contributed by atoms with van der Waals surface area (Å²) in [6.45, 7) is 1.65. The SMILES string of the molecule is CCCCC/C=C\C/C=C\CCCCCCCCCCCC(=O)NC(COC1OC(CO)C(OC2OC(CO)C(OC3OC(CO)C(O)C(O)C3O)C(O)C2O)C(O)C1O)C(O)/C=C/CC/C=C/CC/C=C/CCCCCCCCC. The highest BCUT2D eigenvalue weighted by atomic mass is 16.8. The Morgan fingerprint density at radius 1 is 0.444 bits per heavy atom. The maximum absolute atomic E-state index is 13.3. The normalized spacial score (nSPS) is 30.2. The molecule has 3 aliphatic rings. The predicted molar refractivity (Wildman–Crippen MR) is 309 cm³/mol. The number of amides is 1. The number of carbonyl (C=O) groups excluding carboxylic acids is 1. The zero-order chi connectivity index (χ0) is 59.0. The highest BCUT2D eigenvalue weighted by Crippen LogP contribution is 2.33. The van der Waals surface area contributed by atoms with E-state index in [1.54, 1.807) is 6.08 Å². The van der Waals surface area contributed by atoms with Crippen molar-refractivity contribution in [3.8, 4) is 0 Å². The van der Waals surface area contributed by atoms with Crippen molar-refractivity contribution in [1.82, 2.24) is 5.32 Å². The second-order valence-electron chi connectivity index (χ2n) is 22.1. The van der Waals surface area contributed by atoms with E-state index in [1.165, 1.54) is 96.3 Å². The highest BCUT2D eigenvalue weighted by molar-refractivity contribution is 5.76. The average molecular weight is 1160 g/mol. The Morgan fingerprint density at radius 3 is 1.33 bits per heavy atom. The predicted octanol–water partition coefficient (Wildman–Crippen LogP) is 6.04. The van der Waals surface area contributed by atoms with E-state index in [4.69, 9.17) is 28.4 Å². The van der Waals surface area contributed by atoms with Gasteiger partial charge in [-0.2, -0.15) is 0 Å². The number of carbonyl (C=O) groups is 1. The van der Waals surface area contributed by atoms with Gasteiger partial charge in [0.2, 0.25) is 5.91 Å². The van der Waals surface area contributed by atoms with Crippen LogP contribution in [0.4, 0.5) is 0 Å². The standard InChI is InChI=1S/C62H109NO18/c1-3-5-7-9-11-13-15-17-19-21-22-24-26-28-30-32-34-36-38-40-50(68)63-45(46(67)39-37-35-33-31-29-27-25-23-20-18-16-14-12-10-8-6-4-2)44-76-60-56(74)53(71)58(48(42-65)78-60)81-62-57(75)54(72)59(49(43-66)79-62)80-61-55(73)52(70)51(69)47(41-64)77-61/h11,13,17,19-20,23,29,31,37,39,45-49,51-62,64-67,69-75H,3-10,12,14-16,18,21-22,24-28,30,32-36,38,40-44H2,1-2H3,(H,63,68)/b13-11-,19-17-,23-20+,31-29+,39-37+. The molecule has 3 heterocycles. The number of nitrogens with one attached hydrogen (secondary N) is 1. The van der Waals surface area contributed by atoms with Crippen LogP contribution in [-0.4, -0.2) is 193 Å². The lowest BCUT2D eigenvalue weighted by molar-refractivity contribution is -0.379. The molecule has 0 radical (unpaired) electrons. The lowest BCUT2D eigenvalue weighted by Crippen LogP contribution is -2.66. The quantitative estimate of drug-likeness (QED) is 0.0244. The van der Waals surface area contributed by atoms with E-state index >= 15 is 0 Å². The number of unbranched alkanes of at least 4 members (excludes halogenated alkanes) is 21.